The largest absolute Gasteiger partial charge is 0.396 e. The molecule has 0 spiro atoms. The quantitative estimate of drug-likeness (QED) is 0.732. The number of carbonyl (C=O) groups is 1. The highest BCUT2D eigenvalue weighted by atomic mass is 16.2. The van der Waals surface area contributed by atoms with Crippen LogP contribution in [0.5, 0.6) is 0 Å². The topological polar surface area (TPSA) is 43.8 Å². The van der Waals surface area contributed by atoms with Crippen molar-refractivity contribution in [3.8, 4) is 0 Å². The van der Waals surface area contributed by atoms with Crippen LogP contribution in [0.3, 0.4) is 0 Å². The SMILES string of the molecule is CC(=O)N1C(C)CN(CCCCCCO)CC1C. The highest BCUT2D eigenvalue weighted by molar-refractivity contribution is 5.74. The molecule has 18 heavy (non-hydrogen) atoms. The highest BCUT2D eigenvalue weighted by Gasteiger charge is 2.30. The predicted molar refractivity (Wildman–Crippen MR) is 73.4 cm³/mol. The van der Waals surface area contributed by atoms with Gasteiger partial charge >= 0.3 is 0 Å². The summed E-state index contributed by atoms with van der Waals surface area (Å²) in [5.74, 6) is 0.192. The molecule has 4 nitrogen and oxygen atoms in total. The van der Waals surface area contributed by atoms with Gasteiger partial charge in [0.15, 0.2) is 0 Å². The van der Waals surface area contributed by atoms with Gasteiger partial charge in [0.25, 0.3) is 0 Å². The molecule has 4 heteroatoms. The average molecular weight is 256 g/mol. The van der Waals surface area contributed by atoms with E-state index in [1.165, 1.54) is 12.8 Å². The minimum atomic E-state index is 0.192. The molecule has 0 aromatic rings. The molecule has 1 aliphatic rings. The Morgan fingerprint density at radius 2 is 1.67 bits per heavy atom. The second kappa shape index (κ2) is 7.74. The molecule has 1 fully saturated rings. The highest BCUT2D eigenvalue weighted by Crippen LogP contribution is 2.16. The van der Waals surface area contributed by atoms with E-state index in [1.54, 1.807) is 6.92 Å². The molecule has 0 aliphatic carbocycles. The third-order valence-electron chi connectivity index (χ3n) is 3.74. The van der Waals surface area contributed by atoms with E-state index in [9.17, 15) is 4.79 Å². The molecule has 2 atom stereocenters. The van der Waals surface area contributed by atoms with Crippen molar-refractivity contribution in [1.82, 2.24) is 9.80 Å². The van der Waals surface area contributed by atoms with Gasteiger partial charge in [0.2, 0.25) is 5.91 Å². The van der Waals surface area contributed by atoms with E-state index in [2.05, 4.69) is 18.7 Å². The van der Waals surface area contributed by atoms with Crippen LogP contribution in [-0.2, 0) is 4.79 Å². The Kier molecular flexibility index (Phi) is 6.65. The monoisotopic (exact) mass is 256 g/mol. The Morgan fingerprint density at radius 1 is 1.11 bits per heavy atom. The predicted octanol–water partition coefficient (Wildman–Crippen LogP) is 1.48. The molecular weight excluding hydrogens is 228 g/mol. The van der Waals surface area contributed by atoms with Gasteiger partial charge in [0, 0.05) is 38.7 Å². The van der Waals surface area contributed by atoms with Gasteiger partial charge in [0.05, 0.1) is 0 Å². The summed E-state index contributed by atoms with van der Waals surface area (Å²) in [7, 11) is 0. The van der Waals surface area contributed by atoms with Crippen molar-refractivity contribution in [2.45, 2.75) is 58.5 Å². The minimum absolute atomic E-state index is 0.192. The zero-order chi connectivity index (χ0) is 13.5. The van der Waals surface area contributed by atoms with Crippen LogP contribution in [0.15, 0.2) is 0 Å². The average Bonchev–Trinajstić information content (AvgIpc) is 2.27. The number of hydrogen-bond acceptors (Lipinski definition) is 3. The normalized spacial score (nSPS) is 25.4. The molecule has 1 heterocycles. The number of carbonyl (C=O) groups excluding carboxylic acids is 1. The van der Waals surface area contributed by atoms with Crippen LogP contribution >= 0.6 is 0 Å². The smallest absolute Gasteiger partial charge is 0.220 e. The first-order chi connectivity index (χ1) is 8.56. The third-order valence-corrected chi connectivity index (χ3v) is 3.74. The summed E-state index contributed by atoms with van der Waals surface area (Å²) in [6.45, 7) is 9.34. The van der Waals surface area contributed by atoms with E-state index >= 15 is 0 Å². The van der Waals surface area contributed by atoms with Gasteiger partial charge in [-0.15, -0.1) is 0 Å². The molecular formula is C14H28N2O2. The third kappa shape index (κ3) is 4.58. The molecule has 1 aliphatic heterocycles. The van der Waals surface area contributed by atoms with Gasteiger partial charge in [-0.25, -0.2) is 0 Å². The fourth-order valence-electron chi connectivity index (χ4n) is 3.04. The molecule has 0 saturated carbocycles. The van der Waals surface area contributed by atoms with Gasteiger partial charge < -0.3 is 10.0 Å². The van der Waals surface area contributed by atoms with Gasteiger partial charge in [-0.05, 0) is 33.2 Å². The lowest BCUT2D eigenvalue weighted by Gasteiger charge is -2.44. The van der Waals surface area contributed by atoms with Crippen molar-refractivity contribution in [2.75, 3.05) is 26.2 Å². The van der Waals surface area contributed by atoms with E-state index in [0.717, 1.165) is 32.5 Å². The van der Waals surface area contributed by atoms with Crippen LogP contribution in [0.4, 0.5) is 0 Å². The first kappa shape index (κ1) is 15.4. The maximum absolute atomic E-state index is 11.5. The Labute approximate surface area is 111 Å². The molecule has 106 valence electrons. The molecule has 0 aromatic heterocycles. The van der Waals surface area contributed by atoms with Crippen molar-refractivity contribution in [1.29, 1.82) is 0 Å². The number of amides is 1. The number of rotatable bonds is 6. The summed E-state index contributed by atoms with van der Waals surface area (Å²) in [6, 6.07) is 0.646. The van der Waals surface area contributed by atoms with Gasteiger partial charge in [-0.1, -0.05) is 12.8 Å². The number of unbranched alkanes of at least 4 members (excludes halogenated alkanes) is 3. The molecule has 1 rings (SSSR count). The first-order valence-electron chi connectivity index (χ1n) is 7.18. The number of hydrogen-bond donors (Lipinski definition) is 1. The van der Waals surface area contributed by atoms with Crippen molar-refractivity contribution in [3.63, 3.8) is 0 Å². The molecule has 0 aromatic carbocycles. The van der Waals surface area contributed by atoms with E-state index < -0.39 is 0 Å². The number of nitrogens with zero attached hydrogens (tertiary/aromatic N) is 2. The van der Waals surface area contributed by atoms with E-state index in [-0.39, 0.29) is 5.91 Å². The van der Waals surface area contributed by atoms with Crippen LogP contribution in [0.25, 0.3) is 0 Å². The van der Waals surface area contributed by atoms with Crippen LogP contribution in [0.2, 0.25) is 0 Å². The van der Waals surface area contributed by atoms with Crippen LogP contribution in [-0.4, -0.2) is 59.1 Å². The van der Waals surface area contributed by atoms with E-state index in [4.69, 9.17) is 5.11 Å². The fraction of sp³-hybridized carbons (Fsp3) is 0.929. The summed E-state index contributed by atoms with van der Waals surface area (Å²) in [5, 5.41) is 8.72. The molecule has 1 N–H and O–H groups in total. The molecule has 2 unspecified atom stereocenters. The molecule has 1 saturated heterocycles. The summed E-state index contributed by atoms with van der Waals surface area (Å²) in [6.07, 6.45) is 4.43. The number of piperazine rings is 1. The Morgan fingerprint density at radius 3 is 2.17 bits per heavy atom. The standard InChI is InChI=1S/C14H28N2O2/c1-12-10-15(8-6-4-5-7-9-17)11-13(2)16(12)14(3)18/h12-13,17H,4-11H2,1-3H3. The zero-order valence-electron chi connectivity index (χ0n) is 12.1. The van der Waals surface area contributed by atoms with Gasteiger partial charge in [-0.2, -0.15) is 0 Å². The summed E-state index contributed by atoms with van der Waals surface area (Å²) < 4.78 is 0. The molecule has 0 radical (unpaired) electrons. The lowest BCUT2D eigenvalue weighted by molar-refractivity contribution is -0.136. The summed E-state index contributed by atoms with van der Waals surface area (Å²) in [5.41, 5.74) is 0. The molecule has 0 bridgehead atoms. The zero-order valence-corrected chi connectivity index (χ0v) is 12.1. The minimum Gasteiger partial charge on any atom is -0.396 e. The van der Waals surface area contributed by atoms with Crippen LogP contribution < -0.4 is 0 Å². The van der Waals surface area contributed by atoms with Gasteiger partial charge in [0.1, 0.15) is 0 Å². The Hall–Kier alpha value is -0.610. The Bertz CT molecular complexity index is 246. The van der Waals surface area contributed by atoms with Crippen molar-refractivity contribution in [2.24, 2.45) is 0 Å². The second-order valence-corrected chi connectivity index (χ2v) is 5.52. The second-order valence-electron chi connectivity index (χ2n) is 5.52. The fourth-order valence-corrected chi connectivity index (χ4v) is 3.04. The summed E-state index contributed by atoms with van der Waals surface area (Å²) >= 11 is 0. The number of aliphatic hydroxyl groups is 1. The Balaban J connectivity index is 2.28. The van der Waals surface area contributed by atoms with Crippen LogP contribution in [0, 0.1) is 0 Å². The maximum atomic E-state index is 11.5. The van der Waals surface area contributed by atoms with Crippen molar-refractivity contribution >= 4 is 5.91 Å². The first-order valence-corrected chi connectivity index (χ1v) is 7.18. The van der Waals surface area contributed by atoms with Crippen molar-refractivity contribution < 1.29 is 9.90 Å². The number of aliphatic hydroxyl groups excluding tert-OH is 1. The summed E-state index contributed by atoms with van der Waals surface area (Å²) in [4.78, 5) is 16.0. The lowest BCUT2D eigenvalue weighted by Crippen LogP contribution is -2.58. The van der Waals surface area contributed by atoms with Crippen LogP contribution in [0.1, 0.15) is 46.5 Å². The van der Waals surface area contributed by atoms with E-state index in [1.807, 2.05) is 4.90 Å². The maximum Gasteiger partial charge on any atom is 0.220 e. The van der Waals surface area contributed by atoms with Gasteiger partial charge in [-0.3, -0.25) is 9.69 Å². The molecule has 1 amide bonds. The van der Waals surface area contributed by atoms with Crippen molar-refractivity contribution in [3.05, 3.63) is 0 Å². The lowest BCUT2D eigenvalue weighted by atomic mass is 10.1. The van der Waals surface area contributed by atoms with E-state index in [0.29, 0.717) is 18.7 Å².